The van der Waals surface area contributed by atoms with Crippen molar-refractivity contribution in [3.63, 3.8) is 0 Å². The van der Waals surface area contributed by atoms with Crippen molar-refractivity contribution in [1.82, 2.24) is 0 Å². The van der Waals surface area contributed by atoms with E-state index in [4.69, 9.17) is 16.3 Å². The minimum atomic E-state index is -2.09. The summed E-state index contributed by atoms with van der Waals surface area (Å²) >= 11 is 6.21. The van der Waals surface area contributed by atoms with Gasteiger partial charge in [-0.2, -0.15) is 0 Å². The molecular formula is C28H20ClNO5. The largest absolute Gasteiger partial charge is 0.349 e. The Kier molecular flexibility index (Phi) is 4.82. The Morgan fingerprint density at radius 3 is 2.11 bits per heavy atom. The standard InChI is InChI=1S/C28H20ClNO5/c1-2-15-10-12-18(13-11-15)30-26(33)21-22(27(30)34)28(35-23(21)16-6-5-7-17(29)14-16)24(31)19-8-3-4-9-20(19)25(28)32/h3-14,21-23H,2H2,1H3/t21-,22+,23-/m1/s1. The van der Waals surface area contributed by atoms with Crippen molar-refractivity contribution in [1.29, 1.82) is 0 Å². The van der Waals surface area contributed by atoms with E-state index in [9.17, 15) is 19.2 Å². The molecule has 6 nitrogen and oxygen atoms in total. The molecule has 2 fully saturated rings. The second-order valence-electron chi connectivity index (χ2n) is 9.07. The normalized spacial score (nSPS) is 24.4. The summed E-state index contributed by atoms with van der Waals surface area (Å²) in [5.41, 5.74) is 0.308. The highest BCUT2D eigenvalue weighted by Crippen LogP contribution is 2.57. The molecule has 7 heteroatoms. The van der Waals surface area contributed by atoms with Crippen LogP contribution in [0.5, 0.6) is 0 Å². The predicted octanol–water partition coefficient (Wildman–Crippen LogP) is 4.60. The van der Waals surface area contributed by atoms with Crippen molar-refractivity contribution >= 4 is 40.7 Å². The minimum Gasteiger partial charge on any atom is -0.349 e. The van der Waals surface area contributed by atoms with E-state index in [0.717, 1.165) is 16.9 Å². The summed E-state index contributed by atoms with van der Waals surface area (Å²) < 4.78 is 6.26. The number of rotatable bonds is 3. The number of imide groups is 1. The van der Waals surface area contributed by atoms with Crippen LogP contribution in [0.4, 0.5) is 5.69 Å². The number of halogens is 1. The molecule has 1 spiro atoms. The fraction of sp³-hybridized carbons (Fsp3) is 0.214. The van der Waals surface area contributed by atoms with Crippen molar-refractivity contribution in [2.45, 2.75) is 25.0 Å². The summed E-state index contributed by atoms with van der Waals surface area (Å²) in [7, 11) is 0. The minimum absolute atomic E-state index is 0.203. The molecule has 2 saturated heterocycles. The Morgan fingerprint density at radius 2 is 1.51 bits per heavy atom. The van der Waals surface area contributed by atoms with E-state index in [0.29, 0.717) is 16.3 Å². The highest BCUT2D eigenvalue weighted by Gasteiger charge is 2.74. The first kappa shape index (κ1) is 21.9. The van der Waals surface area contributed by atoms with Crippen molar-refractivity contribution < 1.29 is 23.9 Å². The average Bonchev–Trinajstić information content (AvgIpc) is 3.44. The molecule has 3 aromatic rings. The van der Waals surface area contributed by atoms with Gasteiger partial charge in [-0.3, -0.25) is 19.2 Å². The van der Waals surface area contributed by atoms with E-state index in [1.807, 2.05) is 19.1 Å². The molecule has 3 atom stereocenters. The number of anilines is 1. The average molecular weight is 486 g/mol. The predicted molar refractivity (Wildman–Crippen MR) is 128 cm³/mol. The van der Waals surface area contributed by atoms with Gasteiger partial charge in [0.05, 0.1) is 23.6 Å². The summed E-state index contributed by atoms with van der Waals surface area (Å²) in [6.45, 7) is 2.01. The van der Waals surface area contributed by atoms with E-state index >= 15 is 0 Å². The molecule has 0 bridgehead atoms. The number of benzene rings is 3. The van der Waals surface area contributed by atoms with E-state index in [2.05, 4.69) is 0 Å². The van der Waals surface area contributed by atoms with Gasteiger partial charge in [-0.1, -0.05) is 67.1 Å². The maximum atomic E-state index is 13.9. The van der Waals surface area contributed by atoms with Crippen LogP contribution in [0.1, 0.15) is 44.9 Å². The molecule has 0 unspecified atom stereocenters. The summed E-state index contributed by atoms with van der Waals surface area (Å²) in [4.78, 5) is 56.3. The van der Waals surface area contributed by atoms with E-state index in [-0.39, 0.29) is 11.1 Å². The number of hydrogen-bond donors (Lipinski definition) is 0. The molecule has 1 aliphatic carbocycles. The lowest BCUT2D eigenvalue weighted by molar-refractivity contribution is -0.127. The fourth-order valence-electron chi connectivity index (χ4n) is 5.64. The van der Waals surface area contributed by atoms with Gasteiger partial charge in [-0.05, 0) is 41.8 Å². The summed E-state index contributed by atoms with van der Waals surface area (Å²) in [6.07, 6.45) is -0.181. The van der Waals surface area contributed by atoms with Gasteiger partial charge in [-0.25, -0.2) is 4.90 Å². The number of ether oxygens (including phenoxy) is 1. The smallest absolute Gasteiger partial charge is 0.241 e. The van der Waals surface area contributed by atoms with E-state index < -0.39 is 46.9 Å². The number of carbonyl (C=O) groups is 4. The summed E-state index contributed by atoms with van der Waals surface area (Å²) in [5.74, 6) is -4.60. The number of ketones is 2. The molecule has 0 radical (unpaired) electrons. The number of hydrogen-bond acceptors (Lipinski definition) is 5. The van der Waals surface area contributed by atoms with Gasteiger partial charge in [0.1, 0.15) is 0 Å². The second kappa shape index (κ2) is 7.70. The maximum Gasteiger partial charge on any atom is 0.241 e. The summed E-state index contributed by atoms with van der Waals surface area (Å²) in [5, 5.41) is 0.416. The highest BCUT2D eigenvalue weighted by atomic mass is 35.5. The van der Waals surface area contributed by atoms with Crippen LogP contribution >= 0.6 is 11.6 Å². The molecule has 2 heterocycles. The van der Waals surface area contributed by atoms with Crippen LogP contribution in [0.3, 0.4) is 0 Å². The van der Waals surface area contributed by atoms with Gasteiger partial charge in [0.2, 0.25) is 29.0 Å². The first-order valence-electron chi connectivity index (χ1n) is 11.5. The first-order chi connectivity index (χ1) is 16.9. The Morgan fingerprint density at radius 1 is 0.857 bits per heavy atom. The topological polar surface area (TPSA) is 80.8 Å². The summed E-state index contributed by atoms with van der Waals surface area (Å²) in [6, 6.07) is 20.3. The molecule has 2 aliphatic heterocycles. The molecule has 3 aliphatic rings. The van der Waals surface area contributed by atoms with Crippen molar-refractivity contribution in [3.05, 3.63) is 100 Å². The zero-order valence-corrected chi connectivity index (χ0v) is 19.5. The Labute approximate surface area is 206 Å². The van der Waals surface area contributed by atoms with Crippen LogP contribution in [-0.4, -0.2) is 29.0 Å². The number of nitrogens with zero attached hydrogens (tertiary/aromatic N) is 1. The van der Waals surface area contributed by atoms with Crippen molar-refractivity contribution in [3.8, 4) is 0 Å². The monoisotopic (exact) mass is 485 g/mol. The van der Waals surface area contributed by atoms with Crippen LogP contribution in [0.15, 0.2) is 72.8 Å². The number of carbonyl (C=O) groups excluding carboxylic acids is 4. The molecule has 0 aromatic heterocycles. The Bertz CT molecular complexity index is 1390. The SMILES string of the molecule is CCc1ccc(N2C(=O)[C@H]3[C@@H](c4cccc(Cl)c4)OC4(C(=O)c5ccccc5C4=O)[C@@H]3C2=O)cc1. The first-order valence-corrected chi connectivity index (χ1v) is 11.8. The van der Waals surface area contributed by atoms with Crippen molar-refractivity contribution in [2.75, 3.05) is 4.90 Å². The molecule has 0 N–H and O–H groups in total. The molecule has 6 rings (SSSR count). The Balaban J connectivity index is 1.53. The van der Waals surface area contributed by atoms with Gasteiger partial charge < -0.3 is 4.74 Å². The van der Waals surface area contributed by atoms with Crippen LogP contribution in [0, 0.1) is 11.8 Å². The van der Waals surface area contributed by atoms with Gasteiger partial charge in [-0.15, -0.1) is 0 Å². The van der Waals surface area contributed by atoms with E-state index in [1.54, 1.807) is 60.7 Å². The molecule has 3 aromatic carbocycles. The molecule has 0 saturated carbocycles. The molecule has 2 amide bonds. The number of Topliss-reactive ketones (excluding diaryl/α,β-unsaturated/α-hetero) is 2. The number of fused-ring (bicyclic) bond motifs is 3. The third-order valence-corrected chi connectivity index (χ3v) is 7.53. The van der Waals surface area contributed by atoms with Crippen LogP contribution < -0.4 is 4.90 Å². The van der Waals surface area contributed by atoms with Gasteiger partial charge in [0, 0.05) is 16.1 Å². The van der Waals surface area contributed by atoms with Crippen LogP contribution in [-0.2, 0) is 20.7 Å². The Hall–Kier alpha value is -3.61. The van der Waals surface area contributed by atoms with Gasteiger partial charge in [0.25, 0.3) is 0 Å². The van der Waals surface area contributed by atoms with Gasteiger partial charge in [0.15, 0.2) is 0 Å². The highest BCUT2D eigenvalue weighted by molar-refractivity contribution is 6.37. The van der Waals surface area contributed by atoms with E-state index in [1.165, 1.54) is 0 Å². The zero-order chi connectivity index (χ0) is 24.5. The number of amides is 2. The number of aryl methyl sites for hydroxylation is 1. The fourth-order valence-corrected chi connectivity index (χ4v) is 5.84. The van der Waals surface area contributed by atoms with Crippen LogP contribution in [0.2, 0.25) is 5.02 Å². The lowest BCUT2D eigenvalue weighted by Gasteiger charge is -2.27. The van der Waals surface area contributed by atoms with Gasteiger partial charge >= 0.3 is 0 Å². The lowest BCUT2D eigenvalue weighted by atomic mass is 9.77. The van der Waals surface area contributed by atoms with Crippen LogP contribution in [0.25, 0.3) is 0 Å². The third-order valence-electron chi connectivity index (χ3n) is 7.30. The second-order valence-corrected chi connectivity index (χ2v) is 9.50. The van der Waals surface area contributed by atoms with Crippen molar-refractivity contribution in [2.24, 2.45) is 11.8 Å². The quantitative estimate of drug-likeness (QED) is 0.400. The zero-order valence-electron chi connectivity index (χ0n) is 18.7. The maximum absolute atomic E-state index is 13.9. The molecule has 35 heavy (non-hydrogen) atoms. The lowest BCUT2D eigenvalue weighted by Crippen LogP contribution is -2.51. The molecule has 174 valence electrons. The molecular weight excluding hydrogens is 466 g/mol. The third kappa shape index (κ3) is 2.87.